The summed E-state index contributed by atoms with van der Waals surface area (Å²) in [7, 11) is 0. The van der Waals surface area contributed by atoms with Crippen molar-refractivity contribution < 1.29 is 28.6 Å². The summed E-state index contributed by atoms with van der Waals surface area (Å²) in [6, 6.07) is 0. The molecule has 1 atom stereocenters. The maximum atomic E-state index is 12.6. The Bertz CT molecular complexity index is 749. The monoisotopic (exact) mass is 695 g/mol. The molecule has 0 aliphatic heterocycles. The zero-order chi connectivity index (χ0) is 36.2. The van der Waals surface area contributed by atoms with Crippen LogP contribution in [0.15, 0.2) is 0 Å². The van der Waals surface area contributed by atoms with Crippen molar-refractivity contribution in [2.75, 3.05) is 13.2 Å². The molecule has 0 aromatic carbocycles. The van der Waals surface area contributed by atoms with E-state index in [1.54, 1.807) is 0 Å². The Balaban J connectivity index is 4.33. The molecule has 0 radical (unpaired) electrons. The number of carbonyl (C=O) groups is 3. The minimum absolute atomic E-state index is 0.0667. The minimum atomic E-state index is -0.760. The first kappa shape index (κ1) is 47.4. The van der Waals surface area contributed by atoms with E-state index in [-0.39, 0.29) is 31.1 Å². The first-order valence-corrected chi connectivity index (χ1v) is 21.2. The number of rotatable bonds is 37. The molecule has 0 saturated carbocycles. The van der Waals surface area contributed by atoms with E-state index < -0.39 is 6.10 Å². The van der Waals surface area contributed by atoms with Gasteiger partial charge in [-0.2, -0.15) is 0 Å². The summed E-state index contributed by atoms with van der Waals surface area (Å²) in [5.74, 6) is 0.671. The van der Waals surface area contributed by atoms with Crippen LogP contribution in [-0.2, 0) is 28.6 Å². The van der Waals surface area contributed by atoms with Gasteiger partial charge in [-0.15, -0.1) is 0 Å². The minimum Gasteiger partial charge on any atom is -0.462 e. The van der Waals surface area contributed by atoms with Crippen LogP contribution in [0.2, 0.25) is 0 Å². The molecule has 0 bridgehead atoms. The summed E-state index contributed by atoms with van der Waals surface area (Å²) in [6.07, 6.45) is 32.5. The van der Waals surface area contributed by atoms with Gasteiger partial charge in [0.25, 0.3) is 0 Å². The van der Waals surface area contributed by atoms with Gasteiger partial charge < -0.3 is 14.2 Å². The highest BCUT2D eigenvalue weighted by atomic mass is 16.6. The Morgan fingerprint density at radius 3 is 1.00 bits per heavy atom. The fourth-order valence-electron chi connectivity index (χ4n) is 6.22. The largest absolute Gasteiger partial charge is 0.462 e. The Hall–Kier alpha value is -1.59. The lowest BCUT2D eigenvalue weighted by Crippen LogP contribution is -2.30. The van der Waals surface area contributed by atoms with Crippen molar-refractivity contribution >= 4 is 17.9 Å². The quantitative estimate of drug-likeness (QED) is 0.0366. The molecule has 0 amide bonds. The Morgan fingerprint density at radius 1 is 0.388 bits per heavy atom. The number of carbonyl (C=O) groups excluding carboxylic acids is 3. The van der Waals surface area contributed by atoms with Gasteiger partial charge in [0.05, 0.1) is 0 Å². The van der Waals surface area contributed by atoms with Crippen LogP contribution in [0.1, 0.15) is 227 Å². The molecule has 6 nitrogen and oxygen atoms in total. The van der Waals surface area contributed by atoms with E-state index in [0.29, 0.717) is 19.3 Å². The fourth-order valence-corrected chi connectivity index (χ4v) is 6.22. The van der Waals surface area contributed by atoms with Gasteiger partial charge in [0.2, 0.25) is 0 Å². The molecule has 0 saturated heterocycles. The molecule has 290 valence electrons. The molecule has 0 spiro atoms. The third kappa shape index (κ3) is 37.5. The van der Waals surface area contributed by atoms with E-state index in [0.717, 1.165) is 69.6 Å². The SMILES string of the molecule is CCCCCCCCCCCCCCC(=O)OC[C@@H](COC(=O)CCCCCCCCCC(C)C)OC(=O)CCCCCCCCC(C)C. The van der Waals surface area contributed by atoms with Crippen molar-refractivity contribution in [1.82, 2.24) is 0 Å². The van der Waals surface area contributed by atoms with Gasteiger partial charge in [-0.3, -0.25) is 14.4 Å². The lowest BCUT2D eigenvalue weighted by Gasteiger charge is -2.18. The van der Waals surface area contributed by atoms with Crippen LogP contribution in [0.5, 0.6) is 0 Å². The summed E-state index contributed by atoms with van der Waals surface area (Å²) in [4.78, 5) is 37.5. The first-order valence-electron chi connectivity index (χ1n) is 21.2. The number of hydrogen-bond acceptors (Lipinski definition) is 6. The topological polar surface area (TPSA) is 78.9 Å². The van der Waals surface area contributed by atoms with Crippen molar-refractivity contribution in [2.24, 2.45) is 11.8 Å². The Labute approximate surface area is 304 Å². The molecule has 0 fully saturated rings. The molecule has 0 heterocycles. The van der Waals surface area contributed by atoms with Gasteiger partial charge in [-0.1, -0.05) is 189 Å². The van der Waals surface area contributed by atoms with Gasteiger partial charge >= 0.3 is 17.9 Å². The molecule has 0 N–H and O–H groups in total. The summed E-state index contributed by atoms with van der Waals surface area (Å²) in [5.41, 5.74) is 0. The lowest BCUT2D eigenvalue weighted by molar-refractivity contribution is -0.167. The zero-order valence-electron chi connectivity index (χ0n) is 33.3. The van der Waals surface area contributed by atoms with E-state index in [2.05, 4.69) is 34.6 Å². The smallest absolute Gasteiger partial charge is 0.306 e. The average molecular weight is 695 g/mol. The number of hydrogen-bond donors (Lipinski definition) is 0. The third-order valence-corrected chi connectivity index (χ3v) is 9.47. The molecule has 0 aliphatic rings. The van der Waals surface area contributed by atoms with Crippen LogP contribution >= 0.6 is 0 Å². The summed E-state index contributed by atoms with van der Waals surface area (Å²) < 4.78 is 16.6. The number of unbranched alkanes of at least 4 members (excludes halogenated alkanes) is 22. The summed E-state index contributed by atoms with van der Waals surface area (Å²) >= 11 is 0. The molecule has 6 heteroatoms. The van der Waals surface area contributed by atoms with Gasteiger partial charge in [0, 0.05) is 19.3 Å². The predicted octanol–water partition coefficient (Wildman–Crippen LogP) is 13.0. The second-order valence-electron chi connectivity index (χ2n) is 15.6. The maximum absolute atomic E-state index is 12.6. The fraction of sp³-hybridized carbons (Fsp3) is 0.930. The van der Waals surface area contributed by atoms with Gasteiger partial charge in [-0.25, -0.2) is 0 Å². The van der Waals surface area contributed by atoms with E-state index in [1.165, 1.54) is 116 Å². The van der Waals surface area contributed by atoms with Crippen LogP contribution in [0.4, 0.5) is 0 Å². The standard InChI is InChI=1S/C43H82O6/c1-6-7-8-9-10-11-12-13-14-17-23-28-33-41(44)47-36-40(49-43(46)35-30-25-20-19-22-27-32-39(4)5)37-48-42(45)34-29-24-18-15-16-21-26-31-38(2)3/h38-40H,6-37H2,1-5H3/t40-/m0/s1. The van der Waals surface area contributed by atoms with Crippen molar-refractivity contribution in [2.45, 2.75) is 233 Å². The van der Waals surface area contributed by atoms with E-state index >= 15 is 0 Å². The van der Waals surface area contributed by atoms with E-state index in [4.69, 9.17) is 14.2 Å². The van der Waals surface area contributed by atoms with Crippen molar-refractivity contribution in [1.29, 1.82) is 0 Å². The van der Waals surface area contributed by atoms with Crippen LogP contribution in [-0.4, -0.2) is 37.2 Å². The highest BCUT2D eigenvalue weighted by Gasteiger charge is 2.19. The van der Waals surface area contributed by atoms with Gasteiger partial charge in [0.1, 0.15) is 13.2 Å². The predicted molar refractivity (Wildman–Crippen MR) is 206 cm³/mol. The summed E-state index contributed by atoms with van der Waals surface area (Å²) in [6.45, 7) is 11.2. The molecular weight excluding hydrogens is 612 g/mol. The third-order valence-electron chi connectivity index (χ3n) is 9.47. The highest BCUT2D eigenvalue weighted by molar-refractivity contribution is 5.71. The number of esters is 3. The second-order valence-corrected chi connectivity index (χ2v) is 15.6. The molecule has 49 heavy (non-hydrogen) atoms. The maximum Gasteiger partial charge on any atom is 0.306 e. The average Bonchev–Trinajstić information content (AvgIpc) is 3.06. The van der Waals surface area contributed by atoms with Crippen LogP contribution < -0.4 is 0 Å². The van der Waals surface area contributed by atoms with Crippen LogP contribution in [0.3, 0.4) is 0 Å². The molecular formula is C43H82O6. The van der Waals surface area contributed by atoms with Crippen LogP contribution in [0.25, 0.3) is 0 Å². The summed E-state index contributed by atoms with van der Waals surface area (Å²) in [5, 5.41) is 0. The molecule has 0 unspecified atom stereocenters. The molecule has 0 aromatic heterocycles. The van der Waals surface area contributed by atoms with Gasteiger partial charge in [-0.05, 0) is 31.1 Å². The molecule has 0 rings (SSSR count). The Kier molecular flexibility index (Phi) is 35.0. The zero-order valence-corrected chi connectivity index (χ0v) is 33.3. The van der Waals surface area contributed by atoms with Crippen LogP contribution in [0, 0.1) is 11.8 Å². The highest BCUT2D eigenvalue weighted by Crippen LogP contribution is 2.16. The normalized spacial score (nSPS) is 12.1. The molecule has 0 aromatic rings. The molecule has 0 aliphatic carbocycles. The van der Waals surface area contributed by atoms with Crippen molar-refractivity contribution in [3.8, 4) is 0 Å². The van der Waals surface area contributed by atoms with E-state index in [9.17, 15) is 14.4 Å². The first-order chi connectivity index (χ1) is 23.7. The van der Waals surface area contributed by atoms with Crippen molar-refractivity contribution in [3.05, 3.63) is 0 Å². The van der Waals surface area contributed by atoms with Crippen molar-refractivity contribution in [3.63, 3.8) is 0 Å². The van der Waals surface area contributed by atoms with Gasteiger partial charge in [0.15, 0.2) is 6.10 Å². The number of ether oxygens (including phenoxy) is 3. The Morgan fingerprint density at radius 2 is 0.673 bits per heavy atom. The second kappa shape index (κ2) is 36.2. The van der Waals surface area contributed by atoms with E-state index in [1.807, 2.05) is 0 Å². The lowest BCUT2D eigenvalue weighted by atomic mass is 10.0.